The third-order valence-electron chi connectivity index (χ3n) is 4.36. The lowest BCUT2D eigenvalue weighted by molar-refractivity contribution is -0.131. The number of aromatic nitrogens is 1. The van der Waals surface area contributed by atoms with E-state index in [1.54, 1.807) is 12.3 Å². The average molecular weight is 341 g/mol. The van der Waals surface area contributed by atoms with Crippen molar-refractivity contribution < 1.29 is 14.0 Å². The molecule has 1 heterocycles. The molecule has 0 saturated heterocycles. The molecule has 1 aromatic heterocycles. The molecule has 0 radical (unpaired) electrons. The van der Waals surface area contributed by atoms with Gasteiger partial charge in [0.1, 0.15) is 11.2 Å². The fourth-order valence-corrected chi connectivity index (χ4v) is 2.54. The predicted molar refractivity (Wildman–Crippen MR) is 93.7 cm³/mol. The number of halogens is 1. The van der Waals surface area contributed by atoms with Crippen molar-refractivity contribution in [3.63, 3.8) is 0 Å². The van der Waals surface area contributed by atoms with Gasteiger partial charge in [-0.1, -0.05) is 13.8 Å². The predicted octanol–water partition coefficient (Wildman–Crippen LogP) is 3.70. The molecule has 1 aromatic carbocycles. The van der Waals surface area contributed by atoms with E-state index in [9.17, 15) is 14.0 Å². The summed E-state index contributed by atoms with van der Waals surface area (Å²) in [6.45, 7) is 4.08. The topological polar surface area (TPSA) is 71.1 Å². The SMILES string of the molecule is CC(C)c1ccc(NC(=O)C2(C(=O)Nc3ccc(F)cc3)CC2)cn1. The van der Waals surface area contributed by atoms with Gasteiger partial charge in [-0.05, 0) is 55.2 Å². The van der Waals surface area contributed by atoms with Crippen LogP contribution in [0.5, 0.6) is 0 Å². The fraction of sp³-hybridized carbons (Fsp3) is 0.316. The Morgan fingerprint density at radius 2 is 1.56 bits per heavy atom. The van der Waals surface area contributed by atoms with E-state index in [1.807, 2.05) is 19.9 Å². The highest BCUT2D eigenvalue weighted by Gasteiger charge is 2.56. The van der Waals surface area contributed by atoms with Crippen molar-refractivity contribution in [1.82, 2.24) is 4.98 Å². The summed E-state index contributed by atoms with van der Waals surface area (Å²) < 4.78 is 12.9. The van der Waals surface area contributed by atoms with Crippen LogP contribution in [0, 0.1) is 11.2 Å². The molecule has 1 aliphatic carbocycles. The minimum atomic E-state index is -1.06. The van der Waals surface area contributed by atoms with Crippen molar-refractivity contribution in [2.45, 2.75) is 32.6 Å². The lowest BCUT2D eigenvalue weighted by Gasteiger charge is -2.15. The van der Waals surface area contributed by atoms with Crippen LogP contribution < -0.4 is 10.6 Å². The minimum Gasteiger partial charge on any atom is -0.325 e. The first-order valence-corrected chi connectivity index (χ1v) is 8.25. The number of carbonyl (C=O) groups excluding carboxylic acids is 2. The van der Waals surface area contributed by atoms with Crippen LogP contribution in [-0.4, -0.2) is 16.8 Å². The van der Waals surface area contributed by atoms with Crippen LogP contribution in [-0.2, 0) is 9.59 Å². The molecular weight excluding hydrogens is 321 g/mol. The van der Waals surface area contributed by atoms with Crippen LogP contribution in [0.1, 0.15) is 38.3 Å². The van der Waals surface area contributed by atoms with Crippen molar-refractivity contribution in [3.05, 3.63) is 54.1 Å². The van der Waals surface area contributed by atoms with Crippen molar-refractivity contribution in [2.75, 3.05) is 10.6 Å². The molecule has 6 heteroatoms. The van der Waals surface area contributed by atoms with E-state index >= 15 is 0 Å². The Bertz CT molecular complexity index is 781. The highest BCUT2D eigenvalue weighted by Crippen LogP contribution is 2.47. The number of amides is 2. The summed E-state index contributed by atoms with van der Waals surface area (Å²) in [7, 11) is 0. The highest BCUT2D eigenvalue weighted by molar-refractivity contribution is 6.16. The van der Waals surface area contributed by atoms with Gasteiger partial charge in [-0.3, -0.25) is 14.6 Å². The molecule has 0 bridgehead atoms. The van der Waals surface area contributed by atoms with Crippen LogP contribution >= 0.6 is 0 Å². The minimum absolute atomic E-state index is 0.306. The number of nitrogens with one attached hydrogen (secondary N) is 2. The molecule has 2 amide bonds. The Morgan fingerprint density at radius 3 is 2.04 bits per heavy atom. The van der Waals surface area contributed by atoms with E-state index < -0.39 is 5.41 Å². The van der Waals surface area contributed by atoms with E-state index in [2.05, 4.69) is 15.6 Å². The summed E-state index contributed by atoms with van der Waals surface area (Å²) in [5.41, 5.74) is 0.905. The van der Waals surface area contributed by atoms with Gasteiger partial charge in [-0.2, -0.15) is 0 Å². The molecule has 5 nitrogen and oxygen atoms in total. The van der Waals surface area contributed by atoms with Crippen LogP contribution in [0.15, 0.2) is 42.6 Å². The number of carbonyl (C=O) groups is 2. The molecule has 0 unspecified atom stereocenters. The van der Waals surface area contributed by atoms with Gasteiger partial charge in [0, 0.05) is 11.4 Å². The average Bonchev–Trinajstić information content (AvgIpc) is 3.39. The monoisotopic (exact) mass is 341 g/mol. The molecule has 1 aliphatic rings. The zero-order valence-corrected chi connectivity index (χ0v) is 14.2. The molecule has 0 aliphatic heterocycles. The van der Waals surface area contributed by atoms with Crippen molar-refractivity contribution in [2.24, 2.45) is 5.41 Å². The van der Waals surface area contributed by atoms with Gasteiger partial charge in [0.25, 0.3) is 0 Å². The van der Waals surface area contributed by atoms with E-state index in [4.69, 9.17) is 0 Å². The normalized spacial score (nSPS) is 14.9. The molecule has 1 saturated carbocycles. The Labute approximate surface area is 145 Å². The summed E-state index contributed by atoms with van der Waals surface area (Å²) >= 11 is 0. The van der Waals surface area contributed by atoms with Gasteiger partial charge < -0.3 is 10.6 Å². The summed E-state index contributed by atoms with van der Waals surface area (Å²) in [5.74, 6) is -0.787. The number of pyridine rings is 1. The molecule has 130 valence electrons. The Balaban J connectivity index is 1.66. The zero-order valence-electron chi connectivity index (χ0n) is 14.2. The summed E-state index contributed by atoms with van der Waals surface area (Å²) in [6, 6.07) is 9.10. The molecular formula is C19H20FN3O2. The number of hydrogen-bond acceptors (Lipinski definition) is 3. The molecule has 2 aromatic rings. The number of rotatable bonds is 5. The van der Waals surface area contributed by atoms with E-state index in [0.29, 0.717) is 30.1 Å². The second-order valence-electron chi connectivity index (χ2n) is 6.62. The number of nitrogens with zero attached hydrogens (tertiary/aromatic N) is 1. The number of anilines is 2. The second kappa shape index (κ2) is 6.63. The van der Waals surface area contributed by atoms with Gasteiger partial charge in [0.2, 0.25) is 11.8 Å². The van der Waals surface area contributed by atoms with Crippen LogP contribution in [0.4, 0.5) is 15.8 Å². The van der Waals surface area contributed by atoms with Gasteiger partial charge in [-0.15, -0.1) is 0 Å². The molecule has 0 atom stereocenters. The molecule has 2 N–H and O–H groups in total. The molecule has 0 spiro atoms. The number of benzene rings is 1. The summed E-state index contributed by atoms with van der Waals surface area (Å²) in [5, 5.41) is 5.44. The highest BCUT2D eigenvalue weighted by atomic mass is 19.1. The van der Waals surface area contributed by atoms with Crippen molar-refractivity contribution in [1.29, 1.82) is 0 Å². The van der Waals surface area contributed by atoms with Crippen LogP contribution in [0.25, 0.3) is 0 Å². The van der Waals surface area contributed by atoms with E-state index in [0.717, 1.165) is 5.69 Å². The van der Waals surface area contributed by atoms with Crippen LogP contribution in [0.3, 0.4) is 0 Å². The van der Waals surface area contributed by atoms with Crippen LogP contribution in [0.2, 0.25) is 0 Å². The zero-order chi connectivity index (χ0) is 18.0. The first-order valence-electron chi connectivity index (χ1n) is 8.25. The van der Waals surface area contributed by atoms with Gasteiger partial charge in [0.05, 0.1) is 11.9 Å². The molecule has 1 fully saturated rings. The molecule has 25 heavy (non-hydrogen) atoms. The Hall–Kier alpha value is -2.76. The lowest BCUT2D eigenvalue weighted by atomic mass is 10.0. The third kappa shape index (κ3) is 3.68. The number of hydrogen-bond donors (Lipinski definition) is 2. The maximum atomic E-state index is 12.9. The van der Waals surface area contributed by atoms with Gasteiger partial charge >= 0.3 is 0 Å². The summed E-state index contributed by atoms with van der Waals surface area (Å²) in [4.78, 5) is 29.3. The standard InChI is InChI=1S/C19H20FN3O2/c1-12(2)16-8-7-15(11-21-16)23-18(25)19(9-10-19)17(24)22-14-5-3-13(20)4-6-14/h3-8,11-12H,9-10H2,1-2H3,(H,22,24)(H,23,25). The van der Waals surface area contributed by atoms with Gasteiger partial charge in [-0.25, -0.2) is 4.39 Å². The maximum Gasteiger partial charge on any atom is 0.240 e. The van der Waals surface area contributed by atoms with E-state index in [-0.39, 0.29) is 17.6 Å². The van der Waals surface area contributed by atoms with E-state index in [1.165, 1.54) is 24.3 Å². The van der Waals surface area contributed by atoms with Crippen molar-refractivity contribution in [3.8, 4) is 0 Å². The first kappa shape index (κ1) is 17.1. The smallest absolute Gasteiger partial charge is 0.240 e. The largest absolute Gasteiger partial charge is 0.325 e. The maximum absolute atomic E-state index is 12.9. The third-order valence-corrected chi connectivity index (χ3v) is 4.36. The fourth-order valence-electron chi connectivity index (χ4n) is 2.54. The Kier molecular flexibility index (Phi) is 4.53. The van der Waals surface area contributed by atoms with Crippen molar-refractivity contribution >= 4 is 23.2 Å². The van der Waals surface area contributed by atoms with Gasteiger partial charge in [0.15, 0.2) is 0 Å². The second-order valence-corrected chi connectivity index (χ2v) is 6.62. The summed E-state index contributed by atoms with van der Waals surface area (Å²) in [6.07, 6.45) is 2.58. The quantitative estimate of drug-likeness (QED) is 0.815. The Morgan fingerprint density at radius 1 is 1.00 bits per heavy atom. The first-order chi connectivity index (χ1) is 11.9. The molecule has 3 rings (SSSR count). The lowest BCUT2D eigenvalue weighted by Crippen LogP contribution is -2.35.